The zero-order valence-corrected chi connectivity index (χ0v) is 14.7. The Balaban J connectivity index is 1.73. The Morgan fingerprint density at radius 2 is 1.69 bits per heavy atom. The van der Waals surface area contributed by atoms with Gasteiger partial charge in [0.15, 0.2) is 0 Å². The molecular weight excluding hydrogens is 336 g/mol. The molecule has 1 aliphatic rings. The minimum Gasteiger partial charge on any atom is -0.390 e. The van der Waals surface area contributed by atoms with Crippen molar-refractivity contribution in [2.24, 2.45) is 0 Å². The van der Waals surface area contributed by atoms with E-state index in [1.165, 1.54) is 0 Å². The summed E-state index contributed by atoms with van der Waals surface area (Å²) in [5.74, 6) is -3.18. The van der Waals surface area contributed by atoms with E-state index in [1.807, 2.05) is 42.5 Å². The molecule has 2 aromatic carbocycles. The topological polar surface area (TPSA) is 47.5 Å². The van der Waals surface area contributed by atoms with Crippen LogP contribution in [-0.4, -0.2) is 48.7 Å². The first-order valence-electron chi connectivity index (χ1n) is 8.91. The van der Waals surface area contributed by atoms with Crippen LogP contribution in [0.4, 0.5) is 14.5 Å². The number of hydrogen-bond acceptors (Lipinski definition) is 4. The lowest BCUT2D eigenvalue weighted by molar-refractivity contribution is -0.118. The summed E-state index contributed by atoms with van der Waals surface area (Å²) < 4.78 is 28.9. The van der Waals surface area contributed by atoms with Crippen LogP contribution in [0.5, 0.6) is 0 Å². The van der Waals surface area contributed by atoms with Gasteiger partial charge in [0.25, 0.3) is 5.92 Å². The molecule has 0 saturated carbocycles. The summed E-state index contributed by atoms with van der Waals surface area (Å²) in [5, 5.41) is 15.7. The van der Waals surface area contributed by atoms with Gasteiger partial charge in [0.05, 0.1) is 0 Å². The Morgan fingerprint density at radius 1 is 1.04 bits per heavy atom. The van der Waals surface area contributed by atoms with Crippen LogP contribution < -0.4 is 10.6 Å². The van der Waals surface area contributed by atoms with Crippen LogP contribution in [0.1, 0.15) is 17.2 Å². The first-order chi connectivity index (χ1) is 12.6. The van der Waals surface area contributed by atoms with Crippen molar-refractivity contribution < 1.29 is 13.9 Å². The second-order valence-electron chi connectivity index (χ2n) is 6.57. The molecule has 1 fully saturated rings. The molecule has 3 rings (SSSR count). The maximum atomic E-state index is 14.4. The number of anilines is 1. The van der Waals surface area contributed by atoms with Gasteiger partial charge in [-0.25, -0.2) is 8.78 Å². The zero-order chi connectivity index (χ0) is 18.4. The fourth-order valence-electron chi connectivity index (χ4n) is 3.33. The third-order valence-corrected chi connectivity index (χ3v) is 4.69. The van der Waals surface area contributed by atoms with Crippen molar-refractivity contribution in [3.05, 3.63) is 65.7 Å². The fraction of sp³-hybridized carbons (Fsp3) is 0.400. The first kappa shape index (κ1) is 18.8. The number of benzene rings is 2. The molecule has 1 saturated heterocycles. The van der Waals surface area contributed by atoms with Crippen molar-refractivity contribution in [3.63, 3.8) is 0 Å². The van der Waals surface area contributed by atoms with Crippen LogP contribution in [0.2, 0.25) is 0 Å². The van der Waals surface area contributed by atoms with Crippen molar-refractivity contribution in [3.8, 4) is 0 Å². The highest BCUT2D eigenvalue weighted by Crippen LogP contribution is 2.36. The number of piperazine rings is 1. The molecule has 26 heavy (non-hydrogen) atoms. The normalized spacial score (nSPS) is 17.0. The molecule has 0 amide bonds. The molecule has 1 atom stereocenters. The summed E-state index contributed by atoms with van der Waals surface area (Å²) in [6, 6.07) is 16.0. The summed E-state index contributed by atoms with van der Waals surface area (Å²) in [7, 11) is 0. The third-order valence-electron chi connectivity index (χ3n) is 4.69. The molecule has 0 unspecified atom stereocenters. The second kappa shape index (κ2) is 8.58. The molecular formula is C20H25F2N3O. The molecule has 1 heterocycles. The maximum Gasteiger partial charge on any atom is 0.289 e. The Labute approximate surface area is 152 Å². The first-order valence-corrected chi connectivity index (χ1v) is 8.91. The predicted octanol–water partition coefficient (Wildman–Crippen LogP) is 2.87. The molecule has 0 radical (unpaired) electrons. The van der Waals surface area contributed by atoms with Crippen molar-refractivity contribution in [1.29, 1.82) is 0 Å². The minimum absolute atomic E-state index is 0.524. The highest BCUT2D eigenvalue weighted by molar-refractivity contribution is 5.46. The van der Waals surface area contributed by atoms with Crippen LogP contribution in [0.25, 0.3) is 0 Å². The van der Waals surface area contributed by atoms with Crippen LogP contribution >= 0.6 is 0 Å². The van der Waals surface area contributed by atoms with E-state index in [4.69, 9.17) is 0 Å². The molecule has 0 bridgehead atoms. The lowest BCUT2D eigenvalue weighted by Gasteiger charge is -2.38. The van der Waals surface area contributed by atoms with Crippen LogP contribution in [0.3, 0.4) is 0 Å². The Bertz CT molecular complexity index is 673. The van der Waals surface area contributed by atoms with E-state index in [-0.39, 0.29) is 0 Å². The molecule has 0 aliphatic carbocycles. The minimum atomic E-state index is -3.18. The average molecular weight is 361 g/mol. The van der Waals surface area contributed by atoms with E-state index in [0.29, 0.717) is 38.3 Å². The number of aliphatic hydroxyl groups is 1. The number of aliphatic hydroxyl groups excluding tert-OH is 1. The van der Waals surface area contributed by atoms with Gasteiger partial charge in [-0.3, -0.25) is 4.90 Å². The van der Waals surface area contributed by atoms with Gasteiger partial charge in [0.2, 0.25) is 0 Å². The van der Waals surface area contributed by atoms with Gasteiger partial charge in [-0.05, 0) is 23.3 Å². The van der Waals surface area contributed by atoms with Gasteiger partial charge >= 0.3 is 0 Å². The highest BCUT2D eigenvalue weighted by atomic mass is 19.3. The predicted molar refractivity (Wildman–Crippen MR) is 99.4 cm³/mol. The summed E-state index contributed by atoms with van der Waals surface area (Å²) in [5.41, 5.74) is 2.56. The van der Waals surface area contributed by atoms with E-state index in [2.05, 4.69) is 10.6 Å². The number of nitrogens with one attached hydrogen (secondary N) is 2. The fourth-order valence-corrected chi connectivity index (χ4v) is 3.33. The smallest absolute Gasteiger partial charge is 0.289 e. The Kier molecular flexibility index (Phi) is 6.19. The molecule has 0 aromatic heterocycles. The standard InChI is InChI=1S/C20H25F2N3O/c21-20(22,15-26)19(25-12-10-23-11-13-25)17-6-8-18(9-7-17)24-14-16-4-2-1-3-5-16/h1-9,19,23-24,26H,10-15H2/t19-/m0/s1. The van der Waals surface area contributed by atoms with E-state index in [0.717, 1.165) is 11.3 Å². The van der Waals surface area contributed by atoms with Gasteiger partial charge < -0.3 is 15.7 Å². The number of alkyl halides is 2. The van der Waals surface area contributed by atoms with Gasteiger partial charge in [-0.2, -0.15) is 0 Å². The van der Waals surface area contributed by atoms with Crippen molar-refractivity contribution >= 4 is 5.69 Å². The number of rotatable bonds is 7. The molecule has 3 N–H and O–H groups in total. The lowest BCUT2D eigenvalue weighted by atomic mass is 9.98. The highest BCUT2D eigenvalue weighted by Gasteiger charge is 2.43. The Morgan fingerprint density at radius 3 is 2.31 bits per heavy atom. The number of nitrogens with zero attached hydrogens (tertiary/aromatic N) is 1. The lowest BCUT2D eigenvalue weighted by Crippen LogP contribution is -2.51. The van der Waals surface area contributed by atoms with Gasteiger partial charge in [-0.15, -0.1) is 0 Å². The number of hydrogen-bond donors (Lipinski definition) is 3. The van der Waals surface area contributed by atoms with Crippen molar-refractivity contribution in [2.75, 3.05) is 38.1 Å². The van der Waals surface area contributed by atoms with Gasteiger partial charge in [0.1, 0.15) is 12.6 Å². The molecule has 6 heteroatoms. The largest absolute Gasteiger partial charge is 0.390 e. The Hall–Kier alpha value is -2.02. The van der Waals surface area contributed by atoms with E-state index in [9.17, 15) is 13.9 Å². The van der Waals surface area contributed by atoms with Crippen LogP contribution in [0, 0.1) is 0 Å². The average Bonchev–Trinajstić information content (AvgIpc) is 2.69. The molecule has 0 spiro atoms. The summed E-state index contributed by atoms with van der Waals surface area (Å²) in [6.07, 6.45) is 0. The van der Waals surface area contributed by atoms with E-state index >= 15 is 0 Å². The summed E-state index contributed by atoms with van der Waals surface area (Å²) >= 11 is 0. The van der Waals surface area contributed by atoms with E-state index in [1.54, 1.807) is 17.0 Å². The van der Waals surface area contributed by atoms with E-state index < -0.39 is 18.6 Å². The molecule has 2 aromatic rings. The third kappa shape index (κ3) is 4.58. The molecule has 1 aliphatic heterocycles. The van der Waals surface area contributed by atoms with Crippen molar-refractivity contribution in [1.82, 2.24) is 10.2 Å². The quantitative estimate of drug-likeness (QED) is 0.710. The zero-order valence-electron chi connectivity index (χ0n) is 14.7. The van der Waals surface area contributed by atoms with Gasteiger partial charge in [-0.1, -0.05) is 42.5 Å². The van der Waals surface area contributed by atoms with Crippen LogP contribution in [0.15, 0.2) is 54.6 Å². The van der Waals surface area contributed by atoms with Crippen molar-refractivity contribution in [2.45, 2.75) is 18.5 Å². The molecule has 4 nitrogen and oxygen atoms in total. The monoisotopic (exact) mass is 361 g/mol. The number of halogens is 2. The molecule has 140 valence electrons. The maximum absolute atomic E-state index is 14.4. The summed E-state index contributed by atoms with van der Waals surface area (Å²) in [6.45, 7) is 1.94. The van der Waals surface area contributed by atoms with Gasteiger partial charge in [0, 0.05) is 38.4 Å². The summed E-state index contributed by atoms with van der Waals surface area (Å²) in [4.78, 5) is 1.75. The SMILES string of the molecule is OCC(F)(F)[C@H](c1ccc(NCc2ccccc2)cc1)N1CCNCC1. The van der Waals surface area contributed by atoms with Crippen LogP contribution in [-0.2, 0) is 6.54 Å². The second-order valence-corrected chi connectivity index (χ2v) is 6.57.